The highest BCUT2D eigenvalue weighted by Crippen LogP contribution is 2.28. The van der Waals surface area contributed by atoms with E-state index in [0.717, 1.165) is 49.3 Å². The zero-order valence-corrected chi connectivity index (χ0v) is 25.6. The van der Waals surface area contributed by atoms with Gasteiger partial charge < -0.3 is 14.5 Å². The van der Waals surface area contributed by atoms with E-state index in [1.807, 2.05) is 71.3 Å². The number of anilines is 1. The molecule has 230 valence electrons. The molecule has 1 aromatic heterocycles. The Labute approximate surface area is 260 Å². The first kappa shape index (κ1) is 30.9. The fourth-order valence-electron chi connectivity index (χ4n) is 5.78. The summed E-state index contributed by atoms with van der Waals surface area (Å²) in [6.07, 6.45) is 5.98. The molecule has 44 heavy (non-hydrogen) atoms. The monoisotopic (exact) mass is 594 g/mol. The van der Waals surface area contributed by atoms with Crippen molar-refractivity contribution in [2.75, 3.05) is 37.7 Å². The molecule has 0 saturated heterocycles. The van der Waals surface area contributed by atoms with Crippen LogP contribution in [0.3, 0.4) is 0 Å². The first-order valence-corrected chi connectivity index (χ1v) is 15.5. The highest BCUT2D eigenvalue weighted by atomic mass is 16.5. The molecule has 2 amide bonds. The Hall–Kier alpha value is -4.50. The molecule has 5 rings (SSSR count). The molecule has 1 aliphatic rings. The van der Waals surface area contributed by atoms with E-state index in [-0.39, 0.29) is 18.4 Å². The molecule has 3 aromatic carbocycles. The molecular weight excluding hydrogens is 552 g/mol. The standard InChI is InChI=1S/C35H42N6O3/c1-29-12-8-15-31-25-39(33(42)18-9-22-40-28-36-27-37-40)21-10-19-38(24-30-13-4-2-5-14-30)20-11-23-41(35(29)31)34(43)26-44-32-16-6-3-7-17-32/h2-8,12-17,27-28H,9-11,18-26H2,1H3. The maximum Gasteiger partial charge on any atom is 0.264 e. The van der Waals surface area contributed by atoms with E-state index in [1.54, 1.807) is 11.0 Å². The topological polar surface area (TPSA) is 83.8 Å². The lowest BCUT2D eigenvalue weighted by Crippen LogP contribution is -2.40. The molecule has 0 bridgehead atoms. The first-order chi connectivity index (χ1) is 21.6. The molecule has 1 aliphatic heterocycles. The summed E-state index contributed by atoms with van der Waals surface area (Å²) in [4.78, 5) is 37.8. The Morgan fingerprint density at radius 3 is 2.34 bits per heavy atom. The van der Waals surface area contributed by atoms with Crippen LogP contribution in [0.2, 0.25) is 0 Å². The quantitative estimate of drug-likeness (QED) is 0.268. The van der Waals surface area contributed by atoms with Crippen molar-refractivity contribution in [1.82, 2.24) is 24.6 Å². The van der Waals surface area contributed by atoms with E-state index >= 15 is 0 Å². The molecule has 0 aliphatic carbocycles. The first-order valence-electron chi connectivity index (χ1n) is 15.5. The zero-order chi connectivity index (χ0) is 30.6. The van der Waals surface area contributed by atoms with Gasteiger partial charge in [0.25, 0.3) is 5.91 Å². The molecule has 0 fully saturated rings. The van der Waals surface area contributed by atoms with Gasteiger partial charge >= 0.3 is 0 Å². The van der Waals surface area contributed by atoms with Crippen LogP contribution in [0.5, 0.6) is 5.75 Å². The van der Waals surface area contributed by atoms with Crippen LogP contribution in [-0.2, 0) is 29.2 Å². The fraction of sp³-hybridized carbons (Fsp3) is 0.371. The average molecular weight is 595 g/mol. The largest absolute Gasteiger partial charge is 0.484 e. The van der Waals surface area contributed by atoms with E-state index in [2.05, 4.69) is 39.2 Å². The van der Waals surface area contributed by atoms with Crippen LogP contribution in [-0.4, -0.2) is 69.2 Å². The Morgan fingerprint density at radius 2 is 1.59 bits per heavy atom. The second-order valence-corrected chi connectivity index (χ2v) is 11.3. The summed E-state index contributed by atoms with van der Waals surface area (Å²) in [7, 11) is 0. The molecule has 0 atom stereocenters. The lowest BCUT2D eigenvalue weighted by atomic mass is 10.0. The second-order valence-electron chi connectivity index (χ2n) is 11.3. The minimum Gasteiger partial charge on any atom is -0.484 e. The van der Waals surface area contributed by atoms with Crippen LogP contribution >= 0.6 is 0 Å². The highest BCUT2D eigenvalue weighted by Gasteiger charge is 2.25. The fourth-order valence-corrected chi connectivity index (χ4v) is 5.78. The predicted molar refractivity (Wildman–Crippen MR) is 171 cm³/mol. The minimum absolute atomic E-state index is 0.0591. The van der Waals surface area contributed by atoms with Crippen LogP contribution in [0, 0.1) is 6.92 Å². The number of nitrogens with zero attached hydrogens (tertiary/aromatic N) is 6. The van der Waals surface area contributed by atoms with E-state index in [4.69, 9.17) is 4.74 Å². The molecular formula is C35H42N6O3. The number of aryl methyl sites for hydroxylation is 2. The van der Waals surface area contributed by atoms with E-state index in [0.29, 0.717) is 44.8 Å². The number of ether oxygens (including phenoxy) is 1. The summed E-state index contributed by atoms with van der Waals surface area (Å²) in [5, 5.41) is 4.16. The van der Waals surface area contributed by atoms with Gasteiger partial charge in [0, 0.05) is 52.2 Å². The normalized spacial score (nSPS) is 14.8. The van der Waals surface area contributed by atoms with Crippen molar-refractivity contribution in [3.63, 3.8) is 0 Å². The Morgan fingerprint density at radius 1 is 0.841 bits per heavy atom. The van der Waals surface area contributed by atoms with E-state index in [1.165, 1.54) is 11.9 Å². The third-order valence-electron chi connectivity index (χ3n) is 7.96. The van der Waals surface area contributed by atoms with Crippen LogP contribution in [0.4, 0.5) is 5.69 Å². The average Bonchev–Trinajstić information content (AvgIpc) is 3.56. The van der Waals surface area contributed by atoms with Crippen molar-refractivity contribution < 1.29 is 14.3 Å². The third kappa shape index (κ3) is 8.76. The van der Waals surface area contributed by atoms with Gasteiger partial charge in [-0.2, -0.15) is 5.10 Å². The smallest absolute Gasteiger partial charge is 0.264 e. The lowest BCUT2D eigenvalue weighted by Gasteiger charge is -2.32. The maximum atomic E-state index is 13.8. The van der Waals surface area contributed by atoms with Crippen molar-refractivity contribution >= 4 is 17.5 Å². The minimum atomic E-state index is -0.0956. The van der Waals surface area contributed by atoms with Gasteiger partial charge in [-0.15, -0.1) is 0 Å². The van der Waals surface area contributed by atoms with Crippen molar-refractivity contribution in [2.24, 2.45) is 0 Å². The van der Waals surface area contributed by atoms with E-state index < -0.39 is 0 Å². The van der Waals surface area contributed by atoms with Crippen LogP contribution < -0.4 is 9.64 Å². The number of hydrogen-bond donors (Lipinski definition) is 0. The molecule has 0 radical (unpaired) electrons. The maximum absolute atomic E-state index is 13.8. The van der Waals surface area contributed by atoms with Crippen molar-refractivity contribution in [1.29, 1.82) is 0 Å². The molecule has 4 aromatic rings. The number of rotatable bonds is 9. The number of fused-ring (bicyclic) bond motifs is 1. The summed E-state index contributed by atoms with van der Waals surface area (Å²) in [6, 6.07) is 26.0. The van der Waals surface area contributed by atoms with Crippen molar-refractivity contribution in [2.45, 2.75) is 52.2 Å². The van der Waals surface area contributed by atoms with Crippen LogP contribution in [0.25, 0.3) is 0 Å². The third-order valence-corrected chi connectivity index (χ3v) is 7.96. The van der Waals surface area contributed by atoms with Gasteiger partial charge in [0.05, 0.1) is 5.69 Å². The molecule has 9 nitrogen and oxygen atoms in total. The number of hydrogen-bond acceptors (Lipinski definition) is 6. The number of benzene rings is 3. The van der Waals surface area contributed by atoms with Gasteiger partial charge in [0.2, 0.25) is 5.91 Å². The number of carbonyl (C=O) groups excluding carboxylic acids is 2. The summed E-state index contributed by atoms with van der Waals surface area (Å²) in [5.41, 5.74) is 4.12. The number of amides is 2. The van der Waals surface area contributed by atoms with Gasteiger partial charge in [0.1, 0.15) is 18.4 Å². The number of para-hydroxylation sites is 2. The molecule has 2 heterocycles. The SMILES string of the molecule is Cc1cccc2c1N(C(=O)COc1ccccc1)CCCN(Cc1ccccc1)CCCN(C(=O)CCCn1cncn1)C2. The van der Waals surface area contributed by atoms with Crippen LogP contribution in [0.1, 0.15) is 42.4 Å². The highest BCUT2D eigenvalue weighted by molar-refractivity contribution is 5.96. The van der Waals surface area contributed by atoms with Crippen molar-refractivity contribution in [3.8, 4) is 5.75 Å². The summed E-state index contributed by atoms with van der Waals surface area (Å²) >= 11 is 0. The van der Waals surface area contributed by atoms with Gasteiger partial charge in [-0.05, 0) is 55.0 Å². The molecule has 0 spiro atoms. The Kier molecular flexibility index (Phi) is 11.1. The van der Waals surface area contributed by atoms with Crippen molar-refractivity contribution in [3.05, 3.63) is 108 Å². The number of carbonyl (C=O) groups is 2. The lowest BCUT2D eigenvalue weighted by molar-refractivity contribution is -0.132. The molecule has 0 unspecified atom stereocenters. The van der Waals surface area contributed by atoms with Gasteiger partial charge in [0.15, 0.2) is 6.61 Å². The van der Waals surface area contributed by atoms with Gasteiger partial charge in [-0.1, -0.05) is 66.7 Å². The van der Waals surface area contributed by atoms with Gasteiger partial charge in [-0.3, -0.25) is 19.2 Å². The Balaban J connectivity index is 1.39. The molecule has 0 saturated carbocycles. The van der Waals surface area contributed by atoms with Gasteiger partial charge in [-0.25, -0.2) is 4.98 Å². The van der Waals surface area contributed by atoms with E-state index in [9.17, 15) is 9.59 Å². The van der Waals surface area contributed by atoms with Crippen LogP contribution in [0.15, 0.2) is 91.5 Å². The summed E-state index contributed by atoms with van der Waals surface area (Å²) < 4.78 is 7.66. The zero-order valence-electron chi connectivity index (χ0n) is 25.6. The molecule has 0 N–H and O–H groups in total. The number of aromatic nitrogens is 3. The molecule has 9 heteroatoms. The Bertz CT molecular complexity index is 1460. The summed E-state index contributed by atoms with van der Waals surface area (Å²) in [6.45, 7) is 6.80. The summed E-state index contributed by atoms with van der Waals surface area (Å²) in [5.74, 6) is 0.674. The second kappa shape index (κ2) is 15.8. The predicted octanol–water partition coefficient (Wildman–Crippen LogP) is 5.10.